The van der Waals surface area contributed by atoms with E-state index in [2.05, 4.69) is 92.1 Å². The molecule has 0 bridgehead atoms. The maximum Gasteiger partial charge on any atom is 0.268 e. The summed E-state index contributed by atoms with van der Waals surface area (Å²) < 4.78 is 23.4. The summed E-state index contributed by atoms with van der Waals surface area (Å²) in [6, 6.07) is -0.829. The van der Waals surface area contributed by atoms with Crippen LogP contribution in [-0.4, -0.2) is 68.5 Å². The molecule has 0 fully saturated rings. The molecular formula is C60H111N2O6P. The van der Waals surface area contributed by atoms with Gasteiger partial charge in [-0.05, 0) is 64.2 Å². The normalized spacial score (nSPS) is 14.5. The summed E-state index contributed by atoms with van der Waals surface area (Å²) in [5, 5.41) is 14.0. The highest BCUT2D eigenvalue weighted by Gasteiger charge is 2.24. The topological polar surface area (TPSA) is 108 Å². The van der Waals surface area contributed by atoms with Gasteiger partial charge in [0, 0.05) is 6.42 Å². The second-order valence-corrected chi connectivity index (χ2v) is 22.0. The van der Waals surface area contributed by atoms with Crippen molar-refractivity contribution in [3.63, 3.8) is 0 Å². The lowest BCUT2D eigenvalue weighted by Crippen LogP contribution is -2.46. The molecule has 402 valence electrons. The second-order valence-electron chi connectivity index (χ2n) is 20.6. The van der Waals surface area contributed by atoms with E-state index in [0.29, 0.717) is 30.3 Å². The third-order valence-corrected chi connectivity index (χ3v) is 13.7. The average molecular weight is 988 g/mol. The summed E-state index contributed by atoms with van der Waals surface area (Å²) in [5.41, 5.74) is 0. The van der Waals surface area contributed by atoms with E-state index in [1.165, 1.54) is 148 Å². The van der Waals surface area contributed by atoms with Crippen LogP contribution < -0.4 is 10.2 Å². The summed E-state index contributed by atoms with van der Waals surface area (Å²) in [4.78, 5) is 25.5. The van der Waals surface area contributed by atoms with Crippen molar-refractivity contribution in [2.24, 2.45) is 0 Å². The van der Waals surface area contributed by atoms with Gasteiger partial charge in [0.25, 0.3) is 7.82 Å². The number of likely N-dealkylation sites (N-methyl/N-ethyl adjacent to an activating group) is 1. The number of aliphatic hydroxyl groups excluding tert-OH is 1. The Bertz CT molecular complexity index is 1350. The van der Waals surface area contributed by atoms with Crippen molar-refractivity contribution in [3.05, 3.63) is 72.9 Å². The van der Waals surface area contributed by atoms with Gasteiger partial charge in [-0.2, -0.15) is 0 Å². The molecular weight excluding hydrogens is 876 g/mol. The lowest BCUT2D eigenvalue weighted by atomic mass is 10.0. The first-order valence-electron chi connectivity index (χ1n) is 28.8. The van der Waals surface area contributed by atoms with Gasteiger partial charge in [-0.25, -0.2) is 0 Å². The number of phosphoric ester groups is 1. The molecule has 0 aromatic carbocycles. The molecule has 3 atom stereocenters. The van der Waals surface area contributed by atoms with Crippen LogP contribution >= 0.6 is 7.82 Å². The van der Waals surface area contributed by atoms with Gasteiger partial charge in [-0.3, -0.25) is 9.36 Å². The van der Waals surface area contributed by atoms with Gasteiger partial charge in [0.2, 0.25) is 5.91 Å². The predicted molar refractivity (Wildman–Crippen MR) is 297 cm³/mol. The number of carbonyl (C=O) groups excluding carboxylic acids is 1. The molecule has 0 heterocycles. The first-order valence-corrected chi connectivity index (χ1v) is 30.2. The van der Waals surface area contributed by atoms with Crippen LogP contribution in [0.15, 0.2) is 72.9 Å². The fraction of sp³-hybridized carbons (Fsp3) is 0.783. The number of amides is 1. The highest BCUT2D eigenvalue weighted by atomic mass is 31.2. The molecule has 69 heavy (non-hydrogen) atoms. The van der Waals surface area contributed by atoms with Crippen molar-refractivity contribution in [2.45, 2.75) is 264 Å². The first-order chi connectivity index (χ1) is 33.5. The van der Waals surface area contributed by atoms with E-state index in [4.69, 9.17) is 9.05 Å². The van der Waals surface area contributed by atoms with Gasteiger partial charge in [0.05, 0.1) is 39.9 Å². The van der Waals surface area contributed by atoms with Gasteiger partial charge in [-0.1, -0.05) is 254 Å². The van der Waals surface area contributed by atoms with E-state index >= 15 is 0 Å². The summed E-state index contributed by atoms with van der Waals surface area (Å²) in [5.74, 6) is -0.206. The number of nitrogens with one attached hydrogen (secondary N) is 1. The molecule has 0 saturated heterocycles. The average Bonchev–Trinajstić information content (AvgIpc) is 3.31. The maximum absolute atomic E-state index is 13.0. The van der Waals surface area contributed by atoms with E-state index in [9.17, 15) is 19.4 Å². The predicted octanol–water partition coefficient (Wildman–Crippen LogP) is 16.9. The van der Waals surface area contributed by atoms with Crippen molar-refractivity contribution < 1.29 is 32.9 Å². The molecule has 0 aliphatic carbocycles. The number of hydrogen-bond acceptors (Lipinski definition) is 6. The maximum atomic E-state index is 13.0. The molecule has 0 aromatic rings. The Hall–Kier alpha value is -2.06. The van der Waals surface area contributed by atoms with Gasteiger partial charge < -0.3 is 28.8 Å². The van der Waals surface area contributed by atoms with E-state index < -0.39 is 20.0 Å². The number of carbonyl (C=O) groups is 1. The fourth-order valence-corrected chi connectivity index (χ4v) is 8.94. The Kier molecular flexibility index (Phi) is 49.3. The number of rotatable bonds is 52. The summed E-state index contributed by atoms with van der Waals surface area (Å²) >= 11 is 0. The van der Waals surface area contributed by atoms with Crippen LogP contribution in [0.25, 0.3) is 0 Å². The van der Waals surface area contributed by atoms with E-state index in [0.717, 1.165) is 70.6 Å². The minimum absolute atomic E-state index is 0.000209. The van der Waals surface area contributed by atoms with Gasteiger partial charge in [0.1, 0.15) is 13.2 Å². The van der Waals surface area contributed by atoms with Crippen molar-refractivity contribution in [1.82, 2.24) is 5.32 Å². The van der Waals surface area contributed by atoms with Crippen molar-refractivity contribution in [2.75, 3.05) is 40.9 Å². The molecule has 9 heteroatoms. The fourth-order valence-electron chi connectivity index (χ4n) is 8.22. The number of aliphatic hydroxyl groups is 1. The smallest absolute Gasteiger partial charge is 0.268 e. The SMILES string of the molecule is CC/C=C\C/C=C\C/C=C\C/C=C\C/C=C\C/C=C\CCCCC(=O)NC(COP(=O)([O-])OCC[N+](C)(C)C)C(O)CCCCCCCCCCCCCCCCCCCCCCCCCCCC. The van der Waals surface area contributed by atoms with Crippen molar-refractivity contribution >= 4 is 13.7 Å². The number of quaternary nitrogens is 1. The minimum atomic E-state index is -4.59. The minimum Gasteiger partial charge on any atom is -0.756 e. The van der Waals surface area contributed by atoms with E-state index in [-0.39, 0.29) is 19.1 Å². The Morgan fingerprint density at radius 2 is 0.884 bits per heavy atom. The molecule has 8 nitrogen and oxygen atoms in total. The van der Waals surface area contributed by atoms with E-state index in [1.807, 2.05) is 21.1 Å². The molecule has 0 radical (unpaired) electrons. The third kappa shape index (κ3) is 53.6. The molecule has 0 aliphatic rings. The number of hydrogen-bond donors (Lipinski definition) is 2. The molecule has 1 amide bonds. The quantitative estimate of drug-likeness (QED) is 0.0272. The van der Waals surface area contributed by atoms with E-state index in [1.54, 1.807) is 0 Å². The summed E-state index contributed by atoms with van der Waals surface area (Å²) in [6.07, 6.45) is 69.4. The zero-order valence-electron chi connectivity index (χ0n) is 45.8. The largest absolute Gasteiger partial charge is 0.756 e. The highest BCUT2D eigenvalue weighted by Crippen LogP contribution is 2.38. The highest BCUT2D eigenvalue weighted by molar-refractivity contribution is 7.45. The second kappa shape index (κ2) is 50.9. The van der Waals surface area contributed by atoms with Crippen LogP contribution in [0.1, 0.15) is 251 Å². The lowest BCUT2D eigenvalue weighted by Gasteiger charge is -2.30. The van der Waals surface area contributed by atoms with Crippen molar-refractivity contribution in [3.8, 4) is 0 Å². The molecule has 0 aromatic heterocycles. The van der Waals surface area contributed by atoms with Crippen LogP contribution in [0.2, 0.25) is 0 Å². The first kappa shape index (κ1) is 66.9. The molecule has 2 N–H and O–H groups in total. The molecule has 0 aliphatic heterocycles. The third-order valence-electron chi connectivity index (χ3n) is 12.7. The van der Waals surface area contributed by atoms with Crippen molar-refractivity contribution in [1.29, 1.82) is 0 Å². The molecule has 0 rings (SSSR count). The van der Waals surface area contributed by atoms with Gasteiger partial charge in [-0.15, -0.1) is 0 Å². The van der Waals surface area contributed by atoms with Crippen LogP contribution in [0.5, 0.6) is 0 Å². The van der Waals surface area contributed by atoms with Crippen LogP contribution in [0.3, 0.4) is 0 Å². The number of allylic oxidation sites excluding steroid dienone is 12. The Balaban J connectivity index is 4.24. The number of unbranched alkanes of at least 4 members (excludes halogenated alkanes) is 27. The monoisotopic (exact) mass is 987 g/mol. The molecule has 3 unspecified atom stereocenters. The van der Waals surface area contributed by atoms with Crippen LogP contribution in [0, 0.1) is 0 Å². The zero-order valence-corrected chi connectivity index (χ0v) is 46.6. The van der Waals surface area contributed by atoms with Gasteiger partial charge >= 0.3 is 0 Å². The molecule has 0 saturated carbocycles. The van der Waals surface area contributed by atoms with Gasteiger partial charge in [0.15, 0.2) is 0 Å². The number of phosphoric acid groups is 1. The number of nitrogens with zero attached hydrogens (tertiary/aromatic N) is 1. The van der Waals surface area contributed by atoms with Crippen LogP contribution in [-0.2, 0) is 18.4 Å². The Morgan fingerprint density at radius 3 is 1.26 bits per heavy atom. The summed E-state index contributed by atoms with van der Waals surface area (Å²) in [7, 11) is 1.27. The standard InChI is InChI=1S/C60H111N2O6P/c1-6-8-10-12-14-16-18-20-22-24-26-28-29-30-31-32-34-35-37-39-41-43-45-47-49-51-53-59(63)58(57-68-69(65,66)67-56-55-62(3,4)5)61-60(64)54-52-50-48-46-44-42-40-38-36-33-27-25-23-21-19-17-15-13-11-9-7-2/h9,11,15,17,21,23,27,33,38,40,44,46,58-59,63H,6-8,10,12-14,16,18-20,22,24-26,28-32,34-37,39,41-43,45,47-57H2,1-5H3,(H-,61,64,65,66)/b11-9-,17-15-,23-21-,33-27-,40-38-,46-44-. The van der Waals surface area contributed by atoms with Crippen LogP contribution in [0.4, 0.5) is 0 Å². The zero-order chi connectivity index (χ0) is 50.6. The Labute approximate surface area is 427 Å². The molecule has 0 spiro atoms. The summed E-state index contributed by atoms with van der Waals surface area (Å²) in [6.45, 7) is 4.59. The Morgan fingerprint density at radius 1 is 0.522 bits per heavy atom. The lowest BCUT2D eigenvalue weighted by molar-refractivity contribution is -0.870.